The van der Waals surface area contributed by atoms with Crippen LogP contribution in [0.25, 0.3) is 0 Å². The zero-order valence-electron chi connectivity index (χ0n) is 3.89. The van der Waals surface area contributed by atoms with Crippen molar-refractivity contribution >= 4 is 12.6 Å². The fourth-order valence-corrected chi connectivity index (χ4v) is 0.387. The molecule has 38 valence electrons. The zero-order chi connectivity index (χ0) is 4.99. The van der Waals surface area contributed by atoms with E-state index in [1.165, 1.54) is 0 Å². The summed E-state index contributed by atoms with van der Waals surface area (Å²) in [5, 5.41) is 8.59. The average Bonchev–Trinajstić information content (AvgIpc) is 1.65. The molecule has 1 atom stereocenters. The van der Waals surface area contributed by atoms with E-state index in [1.54, 1.807) is 0 Å². The monoisotopic (exact) mass is 106 g/mol. The summed E-state index contributed by atoms with van der Waals surface area (Å²) in [6.45, 7) is 1.93. The van der Waals surface area contributed by atoms with Gasteiger partial charge in [0.15, 0.2) is 0 Å². The minimum atomic E-state index is -0.201. The number of hydrogen-bond donors (Lipinski definition) is 2. The molecule has 1 N–H and O–H groups in total. The van der Waals surface area contributed by atoms with E-state index >= 15 is 0 Å². The molecule has 0 aromatic carbocycles. The van der Waals surface area contributed by atoms with Gasteiger partial charge in [0.25, 0.3) is 0 Å². The molecule has 0 rings (SSSR count). The van der Waals surface area contributed by atoms with E-state index in [2.05, 4.69) is 12.6 Å². The lowest BCUT2D eigenvalue weighted by molar-refractivity contribution is 0.196. The van der Waals surface area contributed by atoms with Gasteiger partial charge < -0.3 is 5.11 Å². The van der Waals surface area contributed by atoms with Gasteiger partial charge >= 0.3 is 0 Å². The Balaban J connectivity index is 2.75. The Bertz CT molecular complexity index is 26.7. The first-order chi connectivity index (χ1) is 2.81. The lowest BCUT2D eigenvalue weighted by Gasteiger charge is -1.97. The van der Waals surface area contributed by atoms with Gasteiger partial charge in [-0.3, -0.25) is 0 Å². The van der Waals surface area contributed by atoms with Crippen LogP contribution in [0.2, 0.25) is 0 Å². The normalized spacial score (nSPS) is 14.5. The van der Waals surface area contributed by atoms with Gasteiger partial charge in [0.05, 0.1) is 6.10 Å². The Kier molecular flexibility index (Phi) is 3.68. The smallest absolute Gasteiger partial charge is 0.0625 e. The van der Waals surface area contributed by atoms with E-state index in [1.807, 2.05) is 6.92 Å². The third kappa shape index (κ3) is 2.54. The molecule has 0 radical (unpaired) electrons. The van der Waals surface area contributed by atoms with E-state index in [4.69, 9.17) is 5.11 Å². The summed E-state index contributed by atoms with van der Waals surface area (Å²) in [7, 11) is 0. The van der Waals surface area contributed by atoms with Crippen LogP contribution in [0.15, 0.2) is 0 Å². The molecule has 0 aromatic rings. The third-order valence-electron chi connectivity index (χ3n) is 0.682. The molecule has 0 fully saturated rings. The number of thiol groups is 1. The molecule has 0 aromatic heterocycles. The van der Waals surface area contributed by atoms with Crippen LogP contribution < -0.4 is 0 Å². The minimum Gasteiger partial charge on any atom is -0.392 e. The summed E-state index contributed by atoms with van der Waals surface area (Å²) in [5.41, 5.74) is 0. The topological polar surface area (TPSA) is 20.2 Å². The summed E-state index contributed by atoms with van der Waals surface area (Å²) < 4.78 is 0. The second kappa shape index (κ2) is 3.50. The van der Waals surface area contributed by atoms with E-state index in [0.717, 1.165) is 6.42 Å². The number of aliphatic hydroxyl groups is 1. The highest BCUT2D eigenvalue weighted by atomic mass is 32.1. The largest absolute Gasteiger partial charge is 0.392 e. The maximum atomic E-state index is 8.59. The van der Waals surface area contributed by atoms with Crippen LogP contribution >= 0.6 is 12.6 Å². The molecule has 0 aliphatic carbocycles. The second-order valence-electron chi connectivity index (χ2n) is 1.24. The summed E-state index contributed by atoms with van der Waals surface area (Å²) in [6, 6.07) is 0. The van der Waals surface area contributed by atoms with Gasteiger partial charge in [-0.1, -0.05) is 6.92 Å². The fourth-order valence-electron chi connectivity index (χ4n) is 0.129. The van der Waals surface area contributed by atoms with Gasteiger partial charge in [-0.05, 0) is 6.42 Å². The van der Waals surface area contributed by atoms with Gasteiger partial charge in [-0.2, -0.15) is 12.6 Å². The molecule has 0 amide bonds. The highest BCUT2D eigenvalue weighted by molar-refractivity contribution is 7.80. The summed E-state index contributed by atoms with van der Waals surface area (Å²) in [5.74, 6) is 0.580. The predicted octanol–water partition coefficient (Wildman–Crippen LogP) is 0.687. The van der Waals surface area contributed by atoms with Crippen molar-refractivity contribution in [2.75, 3.05) is 5.75 Å². The third-order valence-corrected chi connectivity index (χ3v) is 1.10. The van der Waals surface area contributed by atoms with Crippen LogP contribution in [-0.2, 0) is 0 Å². The quantitative estimate of drug-likeness (QED) is 0.496. The zero-order valence-corrected chi connectivity index (χ0v) is 4.78. The van der Waals surface area contributed by atoms with Crippen molar-refractivity contribution in [3.63, 3.8) is 0 Å². The van der Waals surface area contributed by atoms with Crippen molar-refractivity contribution < 1.29 is 5.11 Å². The van der Waals surface area contributed by atoms with Crippen molar-refractivity contribution in [1.82, 2.24) is 0 Å². The van der Waals surface area contributed by atoms with Gasteiger partial charge in [-0.15, -0.1) is 0 Å². The molecular weight excluding hydrogens is 96.1 g/mol. The average molecular weight is 106 g/mol. The summed E-state index contributed by atoms with van der Waals surface area (Å²) in [4.78, 5) is 0. The van der Waals surface area contributed by atoms with Gasteiger partial charge in [0.1, 0.15) is 0 Å². The molecular formula is C4H10OS. The van der Waals surface area contributed by atoms with Crippen LogP contribution in [0, 0.1) is 0 Å². The first kappa shape index (κ1) is 6.31. The standard InChI is InChI=1S/C4H10OS/c1-2-4(5)3-6/h4-6H,2-3H2,1H3. The number of hydrogen-bond acceptors (Lipinski definition) is 2. The predicted molar refractivity (Wildman–Crippen MR) is 30.2 cm³/mol. The Morgan fingerprint density at radius 3 is 2.33 bits per heavy atom. The van der Waals surface area contributed by atoms with E-state index in [-0.39, 0.29) is 6.10 Å². The van der Waals surface area contributed by atoms with E-state index in [9.17, 15) is 0 Å². The van der Waals surface area contributed by atoms with Crippen LogP contribution in [-0.4, -0.2) is 17.0 Å². The summed E-state index contributed by atoms with van der Waals surface area (Å²) >= 11 is 3.85. The second-order valence-corrected chi connectivity index (χ2v) is 1.61. The molecule has 2 heteroatoms. The lowest BCUT2D eigenvalue weighted by atomic mass is 10.3. The maximum absolute atomic E-state index is 8.59. The van der Waals surface area contributed by atoms with Crippen molar-refractivity contribution in [3.8, 4) is 0 Å². The van der Waals surface area contributed by atoms with Gasteiger partial charge in [0, 0.05) is 5.75 Å². The first-order valence-electron chi connectivity index (χ1n) is 2.10. The van der Waals surface area contributed by atoms with Gasteiger partial charge in [-0.25, -0.2) is 0 Å². The van der Waals surface area contributed by atoms with Crippen LogP contribution in [0.4, 0.5) is 0 Å². The van der Waals surface area contributed by atoms with Crippen molar-refractivity contribution in [3.05, 3.63) is 0 Å². The van der Waals surface area contributed by atoms with Crippen molar-refractivity contribution in [2.45, 2.75) is 19.4 Å². The lowest BCUT2D eigenvalue weighted by Crippen LogP contribution is -2.04. The molecule has 0 aliphatic heterocycles. The molecule has 0 spiro atoms. The van der Waals surface area contributed by atoms with Crippen molar-refractivity contribution in [2.24, 2.45) is 0 Å². The molecule has 0 heterocycles. The molecule has 6 heavy (non-hydrogen) atoms. The number of aliphatic hydroxyl groups excluding tert-OH is 1. The van der Waals surface area contributed by atoms with E-state index < -0.39 is 0 Å². The van der Waals surface area contributed by atoms with Crippen LogP contribution in [0.5, 0.6) is 0 Å². The van der Waals surface area contributed by atoms with Crippen LogP contribution in [0.1, 0.15) is 13.3 Å². The molecule has 1 unspecified atom stereocenters. The Morgan fingerprint density at radius 1 is 1.83 bits per heavy atom. The van der Waals surface area contributed by atoms with E-state index in [0.29, 0.717) is 5.75 Å². The van der Waals surface area contributed by atoms with Gasteiger partial charge in [0.2, 0.25) is 0 Å². The Morgan fingerprint density at radius 2 is 2.33 bits per heavy atom. The SMILES string of the molecule is CCC(O)CS. The molecule has 0 bridgehead atoms. The molecule has 1 nitrogen and oxygen atoms in total. The first-order valence-corrected chi connectivity index (χ1v) is 2.73. The number of rotatable bonds is 2. The summed E-state index contributed by atoms with van der Waals surface area (Å²) in [6.07, 6.45) is 0.608. The fraction of sp³-hybridized carbons (Fsp3) is 1.00. The minimum absolute atomic E-state index is 0.201. The highest BCUT2D eigenvalue weighted by Crippen LogP contribution is 1.89. The highest BCUT2D eigenvalue weighted by Gasteiger charge is 1.91. The Labute approximate surface area is 43.8 Å². The molecule has 0 aliphatic rings. The Hall–Kier alpha value is 0.310. The van der Waals surface area contributed by atoms with Crippen molar-refractivity contribution in [1.29, 1.82) is 0 Å². The molecule has 0 saturated carbocycles. The van der Waals surface area contributed by atoms with Crippen LogP contribution in [0.3, 0.4) is 0 Å². The molecule has 0 saturated heterocycles. The maximum Gasteiger partial charge on any atom is 0.0625 e.